The third-order valence-corrected chi connectivity index (χ3v) is 6.69. The van der Waals surface area contributed by atoms with E-state index in [-0.39, 0.29) is 0 Å². The molecule has 0 unspecified atom stereocenters. The molecule has 0 amide bonds. The summed E-state index contributed by atoms with van der Waals surface area (Å²) in [5.41, 5.74) is 8.57. The van der Waals surface area contributed by atoms with Crippen molar-refractivity contribution in [3.63, 3.8) is 0 Å². The summed E-state index contributed by atoms with van der Waals surface area (Å²) < 4.78 is 3.69. The Bertz CT molecular complexity index is 1350. The summed E-state index contributed by atoms with van der Waals surface area (Å²) in [7, 11) is 0. The number of para-hydroxylation sites is 3. The molecule has 3 heteroatoms. The van der Waals surface area contributed by atoms with Crippen LogP contribution in [-0.4, -0.2) is 9.55 Å². The fourth-order valence-electron chi connectivity index (χ4n) is 4.44. The van der Waals surface area contributed by atoms with E-state index in [0.29, 0.717) is 5.92 Å². The molecule has 2 heterocycles. The van der Waals surface area contributed by atoms with Gasteiger partial charge in [0.2, 0.25) is 0 Å². The van der Waals surface area contributed by atoms with Gasteiger partial charge in [0.25, 0.3) is 0 Å². The van der Waals surface area contributed by atoms with Crippen LogP contribution in [0.3, 0.4) is 0 Å². The predicted octanol–water partition coefficient (Wildman–Crippen LogP) is 7.72. The zero-order valence-electron chi connectivity index (χ0n) is 17.9. The van der Waals surface area contributed by atoms with E-state index in [1.807, 2.05) is 11.3 Å². The van der Waals surface area contributed by atoms with E-state index in [0.717, 1.165) is 23.3 Å². The van der Waals surface area contributed by atoms with Gasteiger partial charge in [0.05, 0.1) is 16.7 Å². The predicted molar refractivity (Wildman–Crippen MR) is 130 cm³/mol. The lowest BCUT2D eigenvalue weighted by Gasteiger charge is -2.15. The largest absolute Gasteiger partial charge is 0.292 e. The summed E-state index contributed by atoms with van der Waals surface area (Å²) in [5, 5.41) is 3.56. The fraction of sp³-hybridized carbons (Fsp3) is 0.222. The van der Waals surface area contributed by atoms with Crippen LogP contribution in [-0.2, 0) is 6.42 Å². The molecule has 0 fully saturated rings. The minimum atomic E-state index is 0.662. The van der Waals surface area contributed by atoms with Gasteiger partial charge in [-0.2, -0.15) is 0 Å². The molecule has 0 atom stereocenters. The van der Waals surface area contributed by atoms with Gasteiger partial charge < -0.3 is 0 Å². The molecular formula is C27H26N2S. The van der Waals surface area contributed by atoms with Crippen LogP contribution in [0.2, 0.25) is 0 Å². The number of thiophene rings is 1. The van der Waals surface area contributed by atoms with Gasteiger partial charge in [0, 0.05) is 21.0 Å². The molecule has 5 aromatic rings. The monoisotopic (exact) mass is 410 g/mol. The van der Waals surface area contributed by atoms with Gasteiger partial charge in [-0.15, -0.1) is 11.3 Å². The molecule has 30 heavy (non-hydrogen) atoms. The van der Waals surface area contributed by atoms with Gasteiger partial charge in [-0.05, 0) is 61.1 Å². The molecule has 0 saturated heterocycles. The maximum absolute atomic E-state index is 5.10. The Morgan fingerprint density at radius 1 is 0.933 bits per heavy atom. The first kappa shape index (κ1) is 19.1. The maximum atomic E-state index is 5.10. The Kier molecular flexibility index (Phi) is 4.71. The van der Waals surface area contributed by atoms with Crippen LogP contribution in [0.4, 0.5) is 0 Å². The molecule has 0 aliphatic heterocycles. The van der Waals surface area contributed by atoms with Gasteiger partial charge in [0.1, 0.15) is 5.82 Å². The average molecular weight is 411 g/mol. The summed E-state index contributed by atoms with van der Waals surface area (Å²) in [4.78, 5) is 5.10. The van der Waals surface area contributed by atoms with Gasteiger partial charge in [-0.1, -0.05) is 56.3 Å². The normalized spacial score (nSPS) is 11.8. The molecule has 5 rings (SSSR count). The molecule has 0 spiro atoms. The summed E-state index contributed by atoms with van der Waals surface area (Å²) >= 11 is 1.82. The Balaban J connectivity index is 1.78. The number of fused-ring (bicyclic) bond motifs is 2. The van der Waals surface area contributed by atoms with E-state index >= 15 is 0 Å². The number of aryl methyl sites for hydroxylation is 2. The maximum Gasteiger partial charge on any atom is 0.147 e. The van der Waals surface area contributed by atoms with E-state index in [2.05, 4.69) is 98.3 Å². The first-order valence-corrected chi connectivity index (χ1v) is 11.5. The van der Waals surface area contributed by atoms with Crippen molar-refractivity contribution in [3.05, 3.63) is 82.7 Å². The van der Waals surface area contributed by atoms with Crippen molar-refractivity contribution in [2.45, 2.75) is 34.1 Å². The van der Waals surface area contributed by atoms with E-state index in [9.17, 15) is 0 Å². The lowest BCUT2D eigenvalue weighted by molar-refractivity contribution is 0.648. The van der Waals surface area contributed by atoms with Gasteiger partial charge >= 0.3 is 0 Å². The molecule has 0 saturated carbocycles. The number of benzene rings is 3. The third-order valence-electron chi connectivity index (χ3n) is 5.75. The highest BCUT2D eigenvalue weighted by atomic mass is 32.1. The van der Waals surface area contributed by atoms with Crippen molar-refractivity contribution in [3.8, 4) is 17.1 Å². The Morgan fingerprint density at radius 3 is 2.47 bits per heavy atom. The zero-order valence-corrected chi connectivity index (χ0v) is 18.8. The second kappa shape index (κ2) is 7.41. The van der Waals surface area contributed by atoms with Crippen LogP contribution in [0.5, 0.6) is 0 Å². The van der Waals surface area contributed by atoms with Crippen LogP contribution in [0.15, 0.2) is 66.0 Å². The van der Waals surface area contributed by atoms with Crippen LogP contribution < -0.4 is 0 Å². The highest BCUT2D eigenvalue weighted by Crippen LogP contribution is 2.38. The second-order valence-electron chi connectivity index (χ2n) is 8.58. The molecular weight excluding hydrogens is 384 g/mol. The molecule has 150 valence electrons. The second-order valence-corrected chi connectivity index (χ2v) is 9.49. The topological polar surface area (TPSA) is 17.8 Å². The van der Waals surface area contributed by atoms with Crippen LogP contribution in [0.25, 0.3) is 38.2 Å². The summed E-state index contributed by atoms with van der Waals surface area (Å²) in [6, 6.07) is 21.9. The van der Waals surface area contributed by atoms with Gasteiger partial charge in [0.15, 0.2) is 0 Å². The standard InChI is InChI=1S/C27H26N2S/c1-17(2)14-20-12-13-21-22(16-30-25(21)15-20)27-28-23-10-5-6-11-24(23)29(27)26-18(3)8-7-9-19(26)4/h5-13,15-17H,14H2,1-4H3. The lowest BCUT2D eigenvalue weighted by Crippen LogP contribution is -2.02. The number of rotatable bonds is 4. The first-order chi connectivity index (χ1) is 14.5. The molecule has 0 aliphatic rings. The van der Waals surface area contributed by atoms with Crippen LogP contribution in [0.1, 0.15) is 30.5 Å². The number of aromatic nitrogens is 2. The van der Waals surface area contributed by atoms with E-state index < -0.39 is 0 Å². The number of nitrogens with zero attached hydrogens (tertiary/aromatic N) is 2. The molecule has 0 bridgehead atoms. The summed E-state index contributed by atoms with van der Waals surface area (Å²) in [6.07, 6.45) is 1.12. The third kappa shape index (κ3) is 3.14. The SMILES string of the molecule is Cc1cccc(C)c1-n1c(-c2csc3cc(CC(C)C)ccc23)nc2ccccc21. The lowest BCUT2D eigenvalue weighted by atomic mass is 10.0. The molecule has 2 nitrogen and oxygen atoms in total. The van der Waals surface area contributed by atoms with Gasteiger partial charge in [-0.25, -0.2) is 4.98 Å². The van der Waals surface area contributed by atoms with Crippen LogP contribution >= 0.6 is 11.3 Å². The van der Waals surface area contributed by atoms with Crippen molar-refractivity contribution in [2.75, 3.05) is 0 Å². The fourth-order valence-corrected chi connectivity index (χ4v) is 5.44. The Morgan fingerprint density at radius 2 is 1.70 bits per heavy atom. The highest BCUT2D eigenvalue weighted by molar-refractivity contribution is 7.17. The quantitative estimate of drug-likeness (QED) is 0.296. The molecule has 0 aliphatic carbocycles. The van der Waals surface area contributed by atoms with Crippen molar-refractivity contribution >= 4 is 32.5 Å². The highest BCUT2D eigenvalue weighted by Gasteiger charge is 2.19. The average Bonchev–Trinajstić information content (AvgIpc) is 3.28. The van der Waals surface area contributed by atoms with Crippen LogP contribution in [0, 0.1) is 19.8 Å². The minimum Gasteiger partial charge on any atom is -0.292 e. The Labute approximate surface area is 181 Å². The molecule has 3 aromatic carbocycles. The van der Waals surface area contributed by atoms with E-state index in [1.54, 1.807) is 0 Å². The number of hydrogen-bond acceptors (Lipinski definition) is 2. The Hall–Kier alpha value is -2.91. The van der Waals surface area contributed by atoms with Crippen molar-refractivity contribution < 1.29 is 0 Å². The van der Waals surface area contributed by atoms with E-state index in [1.165, 1.54) is 38.0 Å². The smallest absolute Gasteiger partial charge is 0.147 e. The van der Waals surface area contributed by atoms with E-state index in [4.69, 9.17) is 4.98 Å². The van der Waals surface area contributed by atoms with Crippen molar-refractivity contribution in [1.82, 2.24) is 9.55 Å². The number of hydrogen-bond donors (Lipinski definition) is 0. The molecule has 2 aromatic heterocycles. The molecule has 0 radical (unpaired) electrons. The molecule has 0 N–H and O–H groups in total. The van der Waals surface area contributed by atoms with Gasteiger partial charge in [-0.3, -0.25) is 4.57 Å². The number of imidazole rings is 1. The summed E-state index contributed by atoms with van der Waals surface area (Å²) in [6.45, 7) is 8.92. The minimum absolute atomic E-state index is 0.662. The van der Waals surface area contributed by atoms with Crippen molar-refractivity contribution in [2.24, 2.45) is 5.92 Å². The zero-order chi connectivity index (χ0) is 20.8. The van der Waals surface area contributed by atoms with Crippen molar-refractivity contribution in [1.29, 1.82) is 0 Å². The summed E-state index contributed by atoms with van der Waals surface area (Å²) in [5.74, 6) is 1.69. The first-order valence-electron chi connectivity index (χ1n) is 10.6.